The molecule has 0 amide bonds. The highest BCUT2D eigenvalue weighted by Gasteiger charge is 2.24. The fourth-order valence-corrected chi connectivity index (χ4v) is 1.93. The minimum absolute atomic E-state index is 0.0180. The summed E-state index contributed by atoms with van der Waals surface area (Å²) in [6.07, 6.45) is 0.742. The number of carbonyl (C=O) groups excluding carboxylic acids is 2. The molecule has 1 aromatic carbocycles. The number of esters is 1. The number of ether oxygens (including phenoxy) is 2. The standard InChI is InChI=1S/C13H14Cl2O4/c1-3-5-19-12-9(6-8(14)7-10(12)15)11(16)13(17)18-4-2/h6-7H,3-5H2,1-2H3. The van der Waals surface area contributed by atoms with Crippen LogP contribution in [0, 0.1) is 0 Å². The molecule has 1 rings (SSSR count). The molecule has 0 N–H and O–H groups in total. The van der Waals surface area contributed by atoms with E-state index in [-0.39, 0.29) is 28.0 Å². The molecule has 19 heavy (non-hydrogen) atoms. The monoisotopic (exact) mass is 304 g/mol. The van der Waals surface area contributed by atoms with E-state index in [2.05, 4.69) is 4.74 Å². The largest absolute Gasteiger partial charge is 0.491 e. The Morgan fingerprint density at radius 2 is 1.89 bits per heavy atom. The van der Waals surface area contributed by atoms with E-state index in [1.807, 2.05) is 6.92 Å². The fraction of sp³-hybridized carbons (Fsp3) is 0.385. The van der Waals surface area contributed by atoms with Crippen molar-refractivity contribution in [2.45, 2.75) is 20.3 Å². The van der Waals surface area contributed by atoms with Crippen LogP contribution in [0.1, 0.15) is 30.6 Å². The van der Waals surface area contributed by atoms with Gasteiger partial charge in [0.15, 0.2) is 0 Å². The second-order valence-electron chi connectivity index (χ2n) is 3.66. The summed E-state index contributed by atoms with van der Waals surface area (Å²) in [7, 11) is 0. The van der Waals surface area contributed by atoms with Crippen LogP contribution in [-0.2, 0) is 9.53 Å². The van der Waals surface area contributed by atoms with Gasteiger partial charge in [-0.1, -0.05) is 30.1 Å². The molecule has 4 nitrogen and oxygen atoms in total. The summed E-state index contributed by atoms with van der Waals surface area (Å²) in [5, 5.41) is 0.440. The first kappa shape index (κ1) is 15.8. The fourth-order valence-electron chi connectivity index (χ4n) is 1.39. The van der Waals surface area contributed by atoms with E-state index in [1.54, 1.807) is 6.92 Å². The second kappa shape index (κ2) is 7.36. The second-order valence-corrected chi connectivity index (χ2v) is 4.51. The first-order chi connectivity index (χ1) is 9.01. The van der Waals surface area contributed by atoms with Crippen molar-refractivity contribution in [3.05, 3.63) is 27.7 Å². The predicted octanol–water partition coefficient (Wildman–Crippen LogP) is 3.53. The van der Waals surface area contributed by atoms with Crippen molar-refractivity contribution >= 4 is 35.0 Å². The first-order valence-corrected chi connectivity index (χ1v) is 6.60. The number of carbonyl (C=O) groups is 2. The third-order valence-corrected chi connectivity index (χ3v) is 2.66. The number of rotatable bonds is 6. The van der Waals surface area contributed by atoms with Gasteiger partial charge in [-0.25, -0.2) is 4.79 Å². The summed E-state index contributed by atoms with van der Waals surface area (Å²) in [5.41, 5.74) is 0.0180. The first-order valence-electron chi connectivity index (χ1n) is 5.84. The molecule has 0 heterocycles. The Morgan fingerprint density at radius 3 is 2.47 bits per heavy atom. The van der Waals surface area contributed by atoms with E-state index >= 15 is 0 Å². The Bertz CT molecular complexity index is 486. The normalized spacial score (nSPS) is 10.1. The van der Waals surface area contributed by atoms with Gasteiger partial charge in [-0.05, 0) is 25.5 Å². The highest BCUT2D eigenvalue weighted by molar-refractivity contribution is 6.43. The van der Waals surface area contributed by atoms with Gasteiger partial charge < -0.3 is 9.47 Å². The maximum absolute atomic E-state index is 12.0. The van der Waals surface area contributed by atoms with Crippen LogP contribution >= 0.6 is 23.2 Å². The summed E-state index contributed by atoms with van der Waals surface area (Å²) in [6.45, 7) is 4.02. The number of hydrogen-bond donors (Lipinski definition) is 0. The van der Waals surface area contributed by atoms with Gasteiger partial charge in [-0.2, -0.15) is 0 Å². The molecule has 0 spiro atoms. The minimum atomic E-state index is -0.956. The molecule has 6 heteroatoms. The lowest BCUT2D eigenvalue weighted by Gasteiger charge is -2.12. The smallest absolute Gasteiger partial charge is 0.379 e. The van der Waals surface area contributed by atoms with Crippen LogP contribution in [0.5, 0.6) is 5.75 Å². The summed E-state index contributed by atoms with van der Waals surface area (Å²) < 4.78 is 10.1. The maximum atomic E-state index is 12.0. The Balaban J connectivity index is 3.16. The van der Waals surface area contributed by atoms with Crippen molar-refractivity contribution in [1.29, 1.82) is 0 Å². The molecule has 0 aliphatic carbocycles. The van der Waals surface area contributed by atoms with Gasteiger partial charge in [0.05, 0.1) is 23.8 Å². The summed E-state index contributed by atoms with van der Waals surface area (Å²) in [6, 6.07) is 2.80. The third kappa shape index (κ3) is 4.11. The van der Waals surface area contributed by atoms with Crippen LogP contribution in [0.2, 0.25) is 10.0 Å². The van der Waals surface area contributed by atoms with E-state index in [9.17, 15) is 9.59 Å². The lowest BCUT2D eigenvalue weighted by molar-refractivity contribution is -0.137. The quantitative estimate of drug-likeness (QED) is 0.458. The van der Waals surface area contributed by atoms with E-state index in [0.29, 0.717) is 6.61 Å². The zero-order valence-corrected chi connectivity index (χ0v) is 12.2. The molecule has 0 fully saturated rings. The summed E-state index contributed by atoms with van der Waals surface area (Å²) in [4.78, 5) is 23.4. The molecule has 0 saturated heterocycles. The number of ketones is 1. The van der Waals surface area contributed by atoms with Gasteiger partial charge in [0.25, 0.3) is 5.78 Å². The van der Waals surface area contributed by atoms with Crippen molar-refractivity contribution < 1.29 is 19.1 Å². The van der Waals surface area contributed by atoms with E-state index in [0.717, 1.165) is 6.42 Å². The molecule has 0 aromatic heterocycles. The van der Waals surface area contributed by atoms with Gasteiger partial charge in [0.2, 0.25) is 0 Å². The molecule has 1 aromatic rings. The molecule has 0 bridgehead atoms. The van der Waals surface area contributed by atoms with Crippen LogP contribution in [0.3, 0.4) is 0 Å². The number of hydrogen-bond acceptors (Lipinski definition) is 4. The van der Waals surface area contributed by atoms with Crippen LogP contribution in [0.15, 0.2) is 12.1 Å². The zero-order valence-electron chi connectivity index (χ0n) is 10.7. The average Bonchev–Trinajstić information content (AvgIpc) is 2.36. The summed E-state index contributed by atoms with van der Waals surface area (Å²) in [5.74, 6) is -1.62. The minimum Gasteiger partial charge on any atom is -0.491 e. The molecular formula is C13H14Cl2O4. The van der Waals surface area contributed by atoms with Crippen molar-refractivity contribution in [2.24, 2.45) is 0 Å². The SMILES string of the molecule is CCCOc1c(Cl)cc(Cl)cc1C(=O)C(=O)OCC. The van der Waals surface area contributed by atoms with Crippen LogP contribution in [-0.4, -0.2) is 25.0 Å². The zero-order chi connectivity index (χ0) is 14.4. The molecule has 0 aliphatic heterocycles. The van der Waals surface area contributed by atoms with Gasteiger partial charge in [-0.3, -0.25) is 4.79 Å². The lowest BCUT2D eigenvalue weighted by atomic mass is 10.1. The highest BCUT2D eigenvalue weighted by atomic mass is 35.5. The molecular weight excluding hydrogens is 291 g/mol. The topological polar surface area (TPSA) is 52.6 Å². The Kier molecular flexibility index (Phi) is 6.12. The molecule has 0 aliphatic rings. The van der Waals surface area contributed by atoms with Gasteiger partial charge in [0.1, 0.15) is 5.75 Å². The van der Waals surface area contributed by atoms with Crippen LogP contribution < -0.4 is 4.74 Å². The number of benzene rings is 1. The van der Waals surface area contributed by atoms with Crippen LogP contribution in [0.25, 0.3) is 0 Å². The van der Waals surface area contributed by atoms with Crippen molar-refractivity contribution in [1.82, 2.24) is 0 Å². The average molecular weight is 305 g/mol. The number of halogens is 2. The third-order valence-electron chi connectivity index (χ3n) is 2.16. The summed E-state index contributed by atoms with van der Waals surface area (Å²) >= 11 is 11.8. The molecule has 0 unspecified atom stereocenters. The van der Waals surface area contributed by atoms with Gasteiger partial charge in [0, 0.05) is 5.02 Å². The van der Waals surface area contributed by atoms with Gasteiger partial charge >= 0.3 is 5.97 Å². The predicted molar refractivity (Wildman–Crippen MR) is 73.2 cm³/mol. The lowest BCUT2D eigenvalue weighted by Crippen LogP contribution is -2.18. The van der Waals surface area contributed by atoms with Gasteiger partial charge in [-0.15, -0.1) is 0 Å². The molecule has 104 valence electrons. The molecule has 0 atom stereocenters. The Hall–Kier alpha value is -1.26. The Labute approximate surface area is 121 Å². The molecule has 0 radical (unpaired) electrons. The Morgan fingerprint density at radius 1 is 1.21 bits per heavy atom. The van der Waals surface area contributed by atoms with Crippen molar-refractivity contribution in [3.63, 3.8) is 0 Å². The van der Waals surface area contributed by atoms with Crippen molar-refractivity contribution in [2.75, 3.05) is 13.2 Å². The van der Waals surface area contributed by atoms with E-state index in [1.165, 1.54) is 12.1 Å². The molecule has 0 saturated carbocycles. The maximum Gasteiger partial charge on any atom is 0.379 e. The number of Topliss-reactive ketones (excluding diaryl/α,β-unsaturated/α-hetero) is 1. The van der Waals surface area contributed by atoms with Crippen LogP contribution in [0.4, 0.5) is 0 Å². The van der Waals surface area contributed by atoms with E-state index in [4.69, 9.17) is 27.9 Å². The van der Waals surface area contributed by atoms with Crippen molar-refractivity contribution in [3.8, 4) is 5.75 Å². The highest BCUT2D eigenvalue weighted by Crippen LogP contribution is 2.33. The van der Waals surface area contributed by atoms with E-state index < -0.39 is 11.8 Å².